The number of hydrogen-bond acceptors (Lipinski definition) is 4. The zero-order valence-electron chi connectivity index (χ0n) is 14.9. The first-order chi connectivity index (χ1) is 13.1. The first-order valence-electron chi connectivity index (χ1n) is 9.41. The molecule has 2 saturated heterocycles. The highest BCUT2D eigenvalue weighted by Gasteiger charge is 2.63. The molecule has 1 aliphatic carbocycles. The molecule has 1 aromatic heterocycles. The average molecular weight is 368 g/mol. The third-order valence-electron chi connectivity index (χ3n) is 5.92. The van der Waals surface area contributed by atoms with Crippen molar-refractivity contribution in [3.05, 3.63) is 65.7 Å². The van der Waals surface area contributed by atoms with E-state index in [1.165, 1.54) is 12.1 Å². The number of hydrogen-bond donors (Lipinski definition) is 0. The van der Waals surface area contributed by atoms with Gasteiger partial charge in [-0.1, -0.05) is 12.1 Å². The zero-order chi connectivity index (χ0) is 18.4. The lowest BCUT2D eigenvalue weighted by molar-refractivity contribution is -0.177. The number of amides is 1. The second-order valence-electron chi connectivity index (χ2n) is 7.62. The number of carbonyl (C=O) groups excluding carboxylic acids is 1. The Morgan fingerprint density at radius 2 is 1.89 bits per heavy atom. The molecule has 1 amide bonds. The van der Waals surface area contributed by atoms with Gasteiger partial charge in [-0.05, 0) is 48.2 Å². The topological polar surface area (TPSA) is 51.7 Å². The fourth-order valence-corrected chi connectivity index (χ4v) is 4.48. The lowest BCUT2D eigenvalue weighted by Crippen LogP contribution is -2.54. The van der Waals surface area contributed by atoms with Gasteiger partial charge in [-0.3, -0.25) is 9.78 Å². The van der Waals surface area contributed by atoms with Crippen LogP contribution in [-0.2, 0) is 20.9 Å². The van der Waals surface area contributed by atoms with Crippen molar-refractivity contribution in [3.63, 3.8) is 0 Å². The van der Waals surface area contributed by atoms with Crippen LogP contribution >= 0.6 is 0 Å². The van der Waals surface area contributed by atoms with Crippen LogP contribution in [0.1, 0.15) is 42.9 Å². The molecule has 2 aromatic rings. The summed E-state index contributed by atoms with van der Waals surface area (Å²) in [4.78, 5) is 19.0. The van der Waals surface area contributed by atoms with Gasteiger partial charge in [0.2, 0.25) is 0 Å². The number of benzene rings is 1. The molecule has 1 aromatic carbocycles. The predicted molar refractivity (Wildman–Crippen MR) is 94.9 cm³/mol. The molecule has 27 heavy (non-hydrogen) atoms. The summed E-state index contributed by atoms with van der Waals surface area (Å²) in [6.45, 7) is 0.517. The molecule has 0 unspecified atom stereocenters. The SMILES string of the molecule is O=C1N2[C@@H](CC[C@H]2c2ccc(F)cc2)OC12CC(OCc1ccncc1)C2. The van der Waals surface area contributed by atoms with Gasteiger partial charge in [0, 0.05) is 25.2 Å². The number of nitrogens with zero attached hydrogens (tertiary/aromatic N) is 2. The maximum absolute atomic E-state index is 13.2. The van der Waals surface area contributed by atoms with Crippen LogP contribution in [0.2, 0.25) is 0 Å². The van der Waals surface area contributed by atoms with Gasteiger partial charge in [0.1, 0.15) is 12.0 Å². The molecule has 2 aliphatic heterocycles. The fourth-order valence-electron chi connectivity index (χ4n) is 4.48. The molecule has 1 spiro atoms. The molecule has 3 aliphatic rings. The van der Waals surface area contributed by atoms with Crippen molar-refractivity contribution in [1.29, 1.82) is 0 Å². The Labute approximate surface area is 157 Å². The smallest absolute Gasteiger partial charge is 0.257 e. The minimum atomic E-state index is -0.730. The average Bonchev–Trinajstić information content (AvgIpc) is 3.19. The predicted octanol–water partition coefficient (Wildman–Crippen LogP) is 3.36. The van der Waals surface area contributed by atoms with Crippen molar-refractivity contribution in [2.24, 2.45) is 0 Å². The molecule has 1 saturated carbocycles. The highest BCUT2D eigenvalue weighted by atomic mass is 19.1. The molecule has 140 valence electrons. The number of ether oxygens (including phenoxy) is 2. The summed E-state index contributed by atoms with van der Waals surface area (Å²) in [6.07, 6.45) is 6.21. The van der Waals surface area contributed by atoms with Crippen LogP contribution in [0.5, 0.6) is 0 Å². The summed E-state index contributed by atoms with van der Waals surface area (Å²) in [7, 11) is 0. The van der Waals surface area contributed by atoms with Gasteiger partial charge in [0.25, 0.3) is 5.91 Å². The van der Waals surface area contributed by atoms with Gasteiger partial charge >= 0.3 is 0 Å². The summed E-state index contributed by atoms with van der Waals surface area (Å²) >= 11 is 0. The summed E-state index contributed by atoms with van der Waals surface area (Å²) < 4.78 is 25.3. The summed E-state index contributed by atoms with van der Waals surface area (Å²) in [5.41, 5.74) is 1.31. The standard InChI is InChI=1S/C21H21FN2O3/c22-16-3-1-15(2-4-16)18-5-6-19-24(18)20(25)21(27-19)11-17(12-21)26-13-14-7-9-23-10-8-14/h1-4,7-10,17-19H,5-6,11-13H2/t17?,18-,19+,21?/m0/s1. The normalized spacial score (nSPS) is 32.0. The van der Waals surface area contributed by atoms with Gasteiger partial charge in [-0.25, -0.2) is 4.39 Å². The van der Waals surface area contributed by atoms with Crippen molar-refractivity contribution >= 4 is 5.91 Å². The van der Waals surface area contributed by atoms with E-state index in [1.807, 2.05) is 17.0 Å². The van der Waals surface area contributed by atoms with E-state index in [1.54, 1.807) is 24.5 Å². The first-order valence-corrected chi connectivity index (χ1v) is 9.41. The van der Waals surface area contributed by atoms with E-state index in [0.717, 1.165) is 24.0 Å². The van der Waals surface area contributed by atoms with Gasteiger partial charge < -0.3 is 14.4 Å². The van der Waals surface area contributed by atoms with E-state index >= 15 is 0 Å². The fraction of sp³-hybridized carbons (Fsp3) is 0.429. The van der Waals surface area contributed by atoms with E-state index in [0.29, 0.717) is 19.4 Å². The Balaban J connectivity index is 1.24. The second-order valence-corrected chi connectivity index (χ2v) is 7.62. The van der Waals surface area contributed by atoms with Crippen molar-refractivity contribution < 1.29 is 18.7 Å². The van der Waals surface area contributed by atoms with E-state index in [2.05, 4.69) is 4.98 Å². The van der Waals surface area contributed by atoms with Crippen LogP contribution < -0.4 is 0 Å². The van der Waals surface area contributed by atoms with Gasteiger partial charge in [-0.15, -0.1) is 0 Å². The third-order valence-corrected chi connectivity index (χ3v) is 5.92. The lowest BCUT2D eigenvalue weighted by atomic mass is 9.76. The molecule has 5 rings (SSSR count). The summed E-state index contributed by atoms with van der Waals surface area (Å²) in [6, 6.07) is 10.3. The first kappa shape index (κ1) is 16.8. The Bertz CT molecular complexity index is 836. The lowest BCUT2D eigenvalue weighted by Gasteiger charge is -2.42. The molecule has 0 radical (unpaired) electrons. The molecule has 2 atom stereocenters. The monoisotopic (exact) mass is 368 g/mol. The molecule has 6 heteroatoms. The summed E-state index contributed by atoms with van der Waals surface area (Å²) in [5.74, 6) is -0.204. The third kappa shape index (κ3) is 2.84. The Hall–Kier alpha value is -2.31. The molecule has 3 fully saturated rings. The van der Waals surface area contributed by atoms with Crippen molar-refractivity contribution in [3.8, 4) is 0 Å². The Morgan fingerprint density at radius 1 is 1.15 bits per heavy atom. The number of halogens is 1. The van der Waals surface area contributed by atoms with Crippen LogP contribution in [-0.4, -0.2) is 33.7 Å². The van der Waals surface area contributed by atoms with Crippen LogP contribution in [0, 0.1) is 5.82 Å². The van der Waals surface area contributed by atoms with Crippen molar-refractivity contribution in [1.82, 2.24) is 9.88 Å². The number of pyridine rings is 1. The van der Waals surface area contributed by atoms with Crippen molar-refractivity contribution in [2.75, 3.05) is 0 Å². The largest absolute Gasteiger partial charge is 0.373 e. The van der Waals surface area contributed by atoms with Gasteiger partial charge in [0.15, 0.2) is 5.60 Å². The van der Waals surface area contributed by atoms with E-state index < -0.39 is 5.60 Å². The Morgan fingerprint density at radius 3 is 2.63 bits per heavy atom. The number of rotatable bonds is 4. The van der Waals surface area contributed by atoms with Gasteiger partial charge in [0.05, 0.1) is 18.8 Å². The minimum absolute atomic E-state index is 0.0285. The number of carbonyl (C=O) groups is 1. The Kier molecular flexibility index (Phi) is 3.98. The van der Waals surface area contributed by atoms with Crippen LogP contribution in [0.3, 0.4) is 0 Å². The number of fused-ring (bicyclic) bond motifs is 1. The zero-order valence-corrected chi connectivity index (χ0v) is 14.9. The maximum Gasteiger partial charge on any atom is 0.257 e. The number of aromatic nitrogens is 1. The van der Waals surface area contributed by atoms with Crippen LogP contribution in [0.4, 0.5) is 4.39 Å². The van der Waals surface area contributed by atoms with E-state index in [9.17, 15) is 9.18 Å². The van der Waals surface area contributed by atoms with E-state index in [-0.39, 0.29) is 30.1 Å². The summed E-state index contributed by atoms with van der Waals surface area (Å²) in [5, 5.41) is 0. The van der Waals surface area contributed by atoms with Crippen molar-refractivity contribution in [2.45, 2.75) is 56.3 Å². The molecule has 5 nitrogen and oxygen atoms in total. The maximum atomic E-state index is 13.2. The highest BCUT2D eigenvalue weighted by molar-refractivity contribution is 5.89. The van der Waals surface area contributed by atoms with E-state index in [4.69, 9.17) is 9.47 Å². The molecule has 0 bridgehead atoms. The van der Waals surface area contributed by atoms with Crippen LogP contribution in [0.15, 0.2) is 48.8 Å². The minimum Gasteiger partial charge on any atom is -0.373 e. The molecule has 0 N–H and O–H groups in total. The molecular weight excluding hydrogens is 347 g/mol. The quantitative estimate of drug-likeness (QED) is 0.830. The highest BCUT2D eigenvalue weighted by Crippen LogP contribution is 2.51. The molecule has 3 heterocycles. The van der Waals surface area contributed by atoms with Crippen LogP contribution in [0.25, 0.3) is 0 Å². The second kappa shape index (κ2) is 6.39. The molecular formula is C21H21FN2O3. The van der Waals surface area contributed by atoms with Gasteiger partial charge in [-0.2, -0.15) is 0 Å².